The number of benzene rings is 4. The van der Waals surface area contributed by atoms with Crippen LogP contribution in [0.1, 0.15) is 27.0 Å². The molecule has 5 rings (SSSR count). The molecular formula is C33H28N4O6S. The Morgan fingerprint density at radius 3 is 2.20 bits per heavy atom. The summed E-state index contributed by atoms with van der Waals surface area (Å²) in [5.74, 6) is -0.864. The van der Waals surface area contributed by atoms with Crippen molar-refractivity contribution in [2.24, 2.45) is 0 Å². The van der Waals surface area contributed by atoms with Crippen molar-refractivity contribution >= 4 is 52.2 Å². The molecule has 44 heavy (non-hydrogen) atoms. The van der Waals surface area contributed by atoms with Crippen LogP contribution in [0.4, 0.5) is 22.7 Å². The minimum Gasteiger partial charge on any atom is -0.495 e. The summed E-state index contributed by atoms with van der Waals surface area (Å²) in [6, 6.07) is 23.0. The zero-order chi connectivity index (χ0) is 31.5. The molecule has 1 aliphatic heterocycles. The molecule has 0 spiro atoms. The number of nitrogens with one attached hydrogen (secondary N) is 2. The number of hydrogen-bond donors (Lipinski definition) is 2. The summed E-state index contributed by atoms with van der Waals surface area (Å²) in [5, 5.41) is 16.8. The number of ether oxygens (including phenoxy) is 1. The number of rotatable bonds is 9. The van der Waals surface area contributed by atoms with E-state index in [-0.39, 0.29) is 21.9 Å². The monoisotopic (exact) mass is 608 g/mol. The van der Waals surface area contributed by atoms with Gasteiger partial charge < -0.3 is 15.4 Å². The van der Waals surface area contributed by atoms with Crippen LogP contribution in [0.25, 0.3) is 0 Å². The largest absolute Gasteiger partial charge is 0.495 e. The lowest BCUT2D eigenvalue weighted by Gasteiger charge is -2.17. The number of nitrogens with zero attached hydrogens (tertiary/aromatic N) is 2. The first-order valence-electron chi connectivity index (χ1n) is 13.5. The zero-order valence-electron chi connectivity index (χ0n) is 24.3. The molecule has 0 fully saturated rings. The van der Waals surface area contributed by atoms with Gasteiger partial charge in [-0.25, -0.2) is 4.90 Å². The van der Waals surface area contributed by atoms with Crippen molar-refractivity contribution in [2.75, 3.05) is 22.6 Å². The van der Waals surface area contributed by atoms with Crippen molar-refractivity contribution in [2.45, 2.75) is 25.7 Å². The molecule has 3 amide bonds. The Labute approximate surface area is 257 Å². The van der Waals surface area contributed by atoms with Gasteiger partial charge >= 0.3 is 0 Å². The number of amides is 3. The van der Waals surface area contributed by atoms with Crippen LogP contribution in [-0.4, -0.2) is 29.8 Å². The Kier molecular flexibility index (Phi) is 8.50. The van der Waals surface area contributed by atoms with Gasteiger partial charge in [0.1, 0.15) is 16.4 Å². The van der Waals surface area contributed by atoms with E-state index >= 15 is 0 Å². The van der Waals surface area contributed by atoms with E-state index in [2.05, 4.69) is 10.6 Å². The number of methoxy groups -OCH3 is 1. The van der Waals surface area contributed by atoms with E-state index in [0.29, 0.717) is 27.7 Å². The number of anilines is 3. The lowest BCUT2D eigenvalue weighted by molar-refractivity contribution is -0.384. The maximum absolute atomic E-state index is 13.8. The number of carbonyl (C=O) groups excluding carboxylic acids is 3. The zero-order valence-corrected chi connectivity index (χ0v) is 25.2. The van der Waals surface area contributed by atoms with E-state index in [4.69, 9.17) is 4.74 Å². The molecule has 0 aliphatic carbocycles. The standard InChI is InChI=1S/C33H28N4O6S/c1-19-5-16-28(43-4)27(17-19)35-29-30(33(40)36(32(29)39)25-11-6-20(2)21(3)18-25)44-26-14-9-23(10-15-26)34-31(38)22-7-12-24(13-8-22)37(41)42/h5-18,35H,1-4H3,(H,34,38). The first-order chi connectivity index (χ1) is 21.0. The lowest BCUT2D eigenvalue weighted by Crippen LogP contribution is -2.32. The maximum Gasteiger partial charge on any atom is 0.283 e. The van der Waals surface area contributed by atoms with Crippen LogP contribution in [0.5, 0.6) is 5.75 Å². The fraction of sp³-hybridized carbons (Fsp3) is 0.121. The minimum atomic E-state index is -0.532. The Morgan fingerprint density at radius 2 is 1.57 bits per heavy atom. The van der Waals surface area contributed by atoms with Crippen LogP contribution in [0.2, 0.25) is 0 Å². The first kappa shape index (κ1) is 30.1. The van der Waals surface area contributed by atoms with Crippen LogP contribution in [0.3, 0.4) is 0 Å². The van der Waals surface area contributed by atoms with Crippen LogP contribution in [0.15, 0.2) is 100 Å². The summed E-state index contributed by atoms with van der Waals surface area (Å²) < 4.78 is 5.49. The smallest absolute Gasteiger partial charge is 0.283 e. The third kappa shape index (κ3) is 6.18. The molecular weight excluding hydrogens is 580 g/mol. The molecule has 0 saturated heterocycles. The average molecular weight is 609 g/mol. The number of nitro benzene ring substituents is 1. The van der Waals surface area contributed by atoms with Crippen molar-refractivity contribution in [3.05, 3.63) is 128 Å². The van der Waals surface area contributed by atoms with Gasteiger partial charge in [0.05, 0.1) is 23.4 Å². The van der Waals surface area contributed by atoms with E-state index in [1.807, 2.05) is 45.0 Å². The molecule has 0 saturated carbocycles. The van der Waals surface area contributed by atoms with Crippen LogP contribution < -0.4 is 20.3 Å². The molecule has 2 N–H and O–H groups in total. The quantitative estimate of drug-likeness (QED) is 0.121. The first-order valence-corrected chi connectivity index (χ1v) is 14.3. The van der Waals surface area contributed by atoms with Crippen LogP contribution in [0, 0.1) is 30.9 Å². The molecule has 1 aliphatic rings. The molecule has 0 aromatic heterocycles. The number of thioether (sulfide) groups is 1. The predicted molar refractivity (Wildman–Crippen MR) is 170 cm³/mol. The Bertz CT molecular complexity index is 1830. The second-order valence-electron chi connectivity index (χ2n) is 10.1. The SMILES string of the molecule is COc1ccc(C)cc1NC1=C(Sc2ccc(NC(=O)c3ccc([N+](=O)[O-])cc3)cc2)C(=O)N(c2ccc(C)c(C)c2)C1=O. The molecule has 11 heteroatoms. The van der Waals surface area contributed by atoms with E-state index in [1.165, 1.54) is 31.4 Å². The van der Waals surface area contributed by atoms with Gasteiger partial charge in [-0.1, -0.05) is 23.9 Å². The molecule has 0 unspecified atom stereocenters. The molecule has 0 bridgehead atoms. The summed E-state index contributed by atoms with van der Waals surface area (Å²) in [5.41, 5.74) is 4.72. The second kappa shape index (κ2) is 12.4. The van der Waals surface area contributed by atoms with Gasteiger partial charge in [-0.05, 0) is 98.1 Å². The number of carbonyl (C=O) groups is 3. The molecule has 4 aromatic rings. The van der Waals surface area contributed by atoms with Gasteiger partial charge in [-0.15, -0.1) is 0 Å². The summed E-state index contributed by atoms with van der Waals surface area (Å²) in [7, 11) is 1.53. The Morgan fingerprint density at radius 1 is 0.864 bits per heavy atom. The third-order valence-corrected chi connectivity index (χ3v) is 8.17. The van der Waals surface area contributed by atoms with Gasteiger partial charge in [0.15, 0.2) is 0 Å². The van der Waals surface area contributed by atoms with Gasteiger partial charge in [0.2, 0.25) is 0 Å². The Balaban J connectivity index is 1.43. The number of aryl methyl sites for hydroxylation is 3. The highest BCUT2D eigenvalue weighted by Gasteiger charge is 2.40. The lowest BCUT2D eigenvalue weighted by atomic mass is 10.1. The minimum absolute atomic E-state index is 0.108. The summed E-state index contributed by atoms with van der Waals surface area (Å²) in [6.45, 7) is 5.80. The number of hydrogen-bond acceptors (Lipinski definition) is 8. The average Bonchev–Trinajstić information content (AvgIpc) is 3.23. The summed E-state index contributed by atoms with van der Waals surface area (Å²) >= 11 is 1.13. The molecule has 4 aromatic carbocycles. The maximum atomic E-state index is 13.8. The second-order valence-corrected chi connectivity index (χ2v) is 11.2. The molecule has 1 heterocycles. The number of non-ortho nitro benzene ring substituents is 1. The molecule has 10 nitrogen and oxygen atoms in total. The van der Waals surface area contributed by atoms with Crippen LogP contribution >= 0.6 is 11.8 Å². The topological polar surface area (TPSA) is 131 Å². The predicted octanol–water partition coefficient (Wildman–Crippen LogP) is 6.77. The van der Waals surface area contributed by atoms with Crippen molar-refractivity contribution < 1.29 is 24.0 Å². The van der Waals surface area contributed by atoms with E-state index in [1.54, 1.807) is 36.4 Å². The summed E-state index contributed by atoms with van der Waals surface area (Å²) in [4.78, 5) is 52.7. The Hall–Kier alpha value is -5.42. The highest BCUT2D eigenvalue weighted by atomic mass is 32.2. The van der Waals surface area contributed by atoms with Crippen molar-refractivity contribution in [1.29, 1.82) is 0 Å². The fourth-order valence-electron chi connectivity index (χ4n) is 4.53. The van der Waals surface area contributed by atoms with Gasteiger partial charge in [0.25, 0.3) is 23.4 Å². The summed E-state index contributed by atoms with van der Waals surface area (Å²) in [6.07, 6.45) is 0. The third-order valence-electron chi connectivity index (χ3n) is 7.08. The van der Waals surface area contributed by atoms with E-state index in [0.717, 1.165) is 33.4 Å². The van der Waals surface area contributed by atoms with Gasteiger partial charge in [-0.3, -0.25) is 24.5 Å². The van der Waals surface area contributed by atoms with E-state index < -0.39 is 22.6 Å². The normalized spacial score (nSPS) is 12.9. The van der Waals surface area contributed by atoms with Crippen molar-refractivity contribution in [3.63, 3.8) is 0 Å². The van der Waals surface area contributed by atoms with Gasteiger partial charge in [-0.2, -0.15) is 0 Å². The fourth-order valence-corrected chi connectivity index (χ4v) is 5.46. The van der Waals surface area contributed by atoms with Crippen molar-refractivity contribution in [3.8, 4) is 5.75 Å². The molecule has 0 radical (unpaired) electrons. The highest BCUT2D eigenvalue weighted by Crippen LogP contribution is 2.39. The van der Waals surface area contributed by atoms with Gasteiger partial charge in [0, 0.05) is 28.3 Å². The molecule has 0 atom stereocenters. The molecule has 222 valence electrons. The van der Waals surface area contributed by atoms with Crippen molar-refractivity contribution in [1.82, 2.24) is 0 Å². The van der Waals surface area contributed by atoms with E-state index in [9.17, 15) is 24.5 Å². The number of imide groups is 1. The number of nitro groups is 1. The van der Waals surface area contributed by atoms with Crippen LogP contribution in [-0.2, 0) is 9.59 Å². The highest BCUT2D eigenvalue weighted by molar-refractivity contribution is 8.04.